The molecule has 0 saturated carbocycles. The van der Waals surface area contributed by atoms with Crippen molar-refractivity contribution < 1.29 is 14.3 Å². The Labute approximate surface area is 123 Å². The van der Waals surface area contributed by atoms with E-state index in [4.69, 9.17) is 10.5 Å². The molecular formula is C13H21N5O3. The summed E-state index contributed by atoms with van der Waals surface area (Å²) in [5, 5.41) is 6.91. The number of nitrogens with zero attached hydrogens (tertiary/aromatic N) is 3. The lowest BCUT2D eigenvalue weighted by atomic mass is 10.1. The molecule has 1 saturated heterocycles. The van der Waals surface area contributed by atoms with Gasteiger partial charge in [0.05, 0.1) is 18.5 Å². The lowest BCUT2D eigenvalue weighted by molar-refractivity contribution is -0.122. The fraction of sp³-hybridized carbons (Fsp3) is 0.615. The minimum absolute atomic E-state index is 0.0797. The number of carbonyl (C=O) groups is 2. The molecule has 0 unspecified atom stereocenters. The van der Waals surface area contributed by atoms with E-state index in [-0.39, 0.29) is 24.6 Å². The zero-order valence-corrected chi connectivity index (χ0v) is 12.1. The highest BCUT2D eigenvalue weighted by atomic mass is 16.6. The minimum Gasteiger partial charge on any atom is -0.450 e. The van der Waals surface area contributed by atoms with Crippen LogP contribution in [0.4, 0.5) is 10.5 Å². The lowest BCUT2D eigenvalue weighted by Crippen LogP contribution is -2.47. The van der Waals surface area contributed by atoms with E-state index in [1.54, 1.807) is 18.0 Å². The molecule has 0 radical (unpaired) electrons. The van der Waals surface area contributed by atoms with Crippen LogP contribution in [0.15, 0.2) is 12.4 Å². The summed E-state index contributed by atoms with van der Waals surface area (Å²) in [6.45, 7) is 3.50. The largest absolute Gasteiger partial charge is 0.450 e. The van der Waals surface area contributed by atoms with E-state index in [2.05, 4.69) is 10.4 Å². The van der Waals surface area contributed by atoms with Gasteiger partial charge in [-0.25, -0.2) is 4.79 Å². The number of hydrogen-bond donors (Lipinski definition) is 2. The number of anilines is 1. The average Bonchev–Trinajstić information content (AvgIpc) is 2.85. The molecule has 0 atom stereocenters. The molecule has 3 N–H and O–H groups in total. The summed E-state index contributed by atoms with van der Waals surface area (Å²) in [6, 6.07) is 0.0797. The van der Waals surface area contributed by atoms with Gasteiger partial charge in [0.15, 0.2) is 0 Å². The molecule has 21 heavy (non-hydrogen) atoms. The monoisotopic (exact) mass is 295 g/mol. The van der Waals surface area contributed by atoms with Crippen LogP contribution in [0.25, 0.3) is 0 Å². The van der Waals surface area contributed by atoms with Crippen molar-refractivity contribution in [3.8, 4) is 0 Å². The zero-order valence-electron chi connectivity index (χ0n) is 12.1. The molecule has 0 aromatic carbocycles. The number of rotatable bonds is 4. The van der Waals surface area contributed by atoms with Crippen LogP contribution in [-0.2, 0) is 16.1 Å². The molecule has 8 heteroatoms. The van der Waals surface area contributed by atoms with Gasteiger partial charge in [-0.05, 0) is 19.8 Å². The maximum Gasteiger partial charge on any atom is 0.409 e. The van der Waals surface area contributed by atoms with Gasteiger partial charge >= 0.3 is 6.09 Å². The Hall–Kier alpha value is -2.25. The van der Waals surface area contributed by atoms with Gasteiger partial charge in [-0.2, -0.15) is 5.10 Å². The summed E-state index contributed by atoms with van der Waals surface area (Å²) < 4.78 is 6.45. The first kappa shape index (κ1) is 15.1. The summed E-state index contributed by atoms with van der Waals surface area (Å²) >= 11 is 0. The van der Waals surface area contributed by atoms with Crippen molar-refractivity contribution in [1.29, 1.82) is 0 Å². The van der Waals surface area contributed by atoms with E-state index in [0.29, 0.717) is 25.4 Å². The zero-order chi connectivity index (χ0) is 15.2. The lowest BCUT2D eigenvalue weighted by Gasteiger charge is -2.31. The average molecular weight is 295 g/mol. The second kappa shape index (κ2) is 6.96. The number of aromatic nitrogens is 2. The van der Waals surface area contributed by atoms with Gasteiger partial charge in [0.25, 0.3) is 0 Å². The van der Waals surface area contributed by atoms with Gasteiger partial charge in [-0.3, -0.25) is 9.48 Å². The normalized spacial score (nSPS) is 15.8. The summed E-state index contributed by atoms with van der Waals surface area (Å²) in [4.78, 5) is 25.1. The van der Waals surface area contributed by atoms with E-state index in [0.717, 1.165) is 12.8 Å². The van der Waals surface area contributed by atoms with Crippen LogP contribution < -0.4 is 11.1 Å². The molecule has 2 amide bonds. The van der Waals surface area contributed by atoms with Crippen LogP contribution in [0.1, 0.15) is 19.8 Å². The third-order valence-corrected chi connectivity index (χ3v) is 3.34. The second-order valence-electron chi connectivity index (χ2n) is 5.00. The number of nitrogens with two attached hydrogens (primary N) is 1. The highest BCUT2D eigenvalue weighted by Crippen LogP contribution is 2.11. The van der Waals surface area contributed by atoms with Gasteiger partial charge in [0.1, 0.15) is 6.54 Å². The first-order valence-electron chi connectivity index (χ1n) is 7.07. The number of ether oxygens (including phenoxy) is 1. The second-order valence-corrected chi connectivity index (χ2v) is 5.00. The fourth-order valence-corrected chi connectivity index (χ4v) is 2.31. The van der Waals surface area contributed by atoms with Crippen molar-refractivity contribution in [3.63, 3.8) is 0 Å². The number of hydrogen-bond acceptors (Lipinski definition) is 5. The first-order valence-corrected chi connectivity index (χ1v) is 7.07. The smallest absolute Gasteiger partial charge is 0.409 e. The molecule has 0 aliphatic carbocycles. The highest BCUT2D eigenvalue weighted by Gasteiger charge is 2.24. The van der Waals surface area contributed by atoms with E-state index >= 15 is 0 Å². The summed E-state index contributed by atoms with van der Waals surface area (Å²) in [6.07, 6.45) is 4.29. The van der Waals surface area contributed by atoms with Gasteiger partial charge in [-0.1, -0.05) is 0 Å². The maximum absolute atomic E-state index is 11.9. The molecule has 0 bridgehead atoms. The standard InChI is InChI=1S/C13H21N5O3/c1-2-21-13(20)17-5-3-11(4-6-17)16-12(19)9-18-8-10(14)7-15-18/h7-8,11H,2-6,9,14H2,1H3,(H,16,19). The molecule has 1 aliphatic rings. The number of piperidine rings is 1. The van der Waals surface area contributed by atoms with Crippen LogP contribution in [0.5, 0.6) is 0 Å². The Bertz CT molecular complexity index is 494. The van der Waals surface area contributed by atoms with E-state index < -0.39 is 0 Å². The molecular weight excluding hydrogens is 274 g/mol. The predicted octanol–water partition coefficient (Wildman–Crippen LogP) is 0.202. The van der Waals surface area contributed by atoms with Crippen LogP contribution in [0, 0.1) is 0 Å². The van der Waals surface area contributed by atoms with E-state index in [9.17, 15) is 9.59 Å². The molecule has 0 spiro atoms. The third kappa shape index (κ3) is 4.37. The third-order valence-electron chi connectivity index (χ3n) is 3.34. The Morgan fingerprint density at radius 1 is 1.48 bits per heavy atom. The Balaban J connectivity index is 1.73. The van der Waals surface area contributed by atoms with E-state index in [1.807, 2.05) is 0 Å². The molecule has 2 heterocycles. The molecule has 1 aliphatic heterocycles. The topological polar surface area (TPSA) is 102 Å². The quantitative estimate of drug-likeness (QED) is 0.826. The van der Waals surface area contributed by atoms with Crippen molar-refractivity contribution in [2.24, 2.45) is 0 Å². The fourth-order valence-electron chi connectivity index (χ4n) is 2.31. The Kier molecular flexibility index (Phi) is 5.02. The predicted molar refractivity (Wildman–Crippen MR) is 76.4 cm³/mol. The summed E-state index contributed by atoms with van der Waals surface area (Å²) in [5.41, 5.74) is 6.08. The minimum atomic E-state index is -0.283. The van der Waals surface area contributed by atoms with Crippen molar-refractivity contribution in [2.45, 2.75) is 32.4 Å². The van der Waals surface area contributed by atoms with Crippen molar-refractivity contribution >= 4 is 17.7 Å². The molecule has 116 valence electrons. The Morgan fingerprint density at radius 3 is 2.76 bits per heavy atom. The van der Waals surface area contributed by atoms with Crippen LogP contribution in [-0.4, -0.2) is 52.4 Å². The number of carbonyl (C=O) groups excluding carboxylic acids is 2. The van der Waals surface area contributed by atoms with Crippen LogP contribution >= 0.6 is 0 Å². The van der Waals surface area contributed by atoms with Gasteiger partial charge in [-0.15, -0.1) is 0 Å². The Morgan fingerprint density at radius 2 is 2.19 bits per heavy atom. The van der Waals surface area contributed by atoms with Gasteiger partial charge < -0.3 is 20.7 Å². The highest BCUT2D eigenvalue weighted by molar-refractivity contribution is 5.76. The number of amides is 2. The van der Waals surface area contributed by atoms with Gasteiger partial charge in [0, 0.05) is 25.3 Å². The van der Waals surface area contributed by atoms with Crippen molar-refractivity contribution in [2.75, 3.05) is 25.4 Å². The summed E-state index contributed by atoms with van der Waals surface area (Å²) in [5.74, 6) is -0.104. The van der Waals surface area contributed by atoms with E-state index in [1.165, 1.54) is 10.9 Å². The molecule has 1 aromatic heterocycles. The van der Waals surface area contributed by atoms with Crippen LogP contribution in [0.2, 0.25) is 0 Å². The molecule has 1 fully saturated rings. The molecule has 8 nitrogen and oxygen atoms in total. The SMILES string of the molecule is CCOC(=O)N1CCC(NC(=O)Cn2cc(N)cn2)CC1. The van der Waals surface area contributed by atoms with Gasteiger partial charge in [0.2, 0.25) is 5.91 Å². The van der Waals surface area contributed by atoms with Crippen molar-refractivity contribution in [1.82, 2.24) is 20.0 Å². The maximum atomic E-state index is 11.9. The molecule has 2 rings (SSSR count). The first-order chi connectivity index (χ1) is 10.1. The summed E-state index contributed by atoms with van der Waals surface area (Å²) in [7, 11) is 0. The number of nitrogens with one attached hydrogen (secondary N) is 1. The number of nitrogen functional groups attached to an aromatic ring is 1. The van der Waals surface area contributed by atoms with Crippen molar-refractivity contribution in [3.05, 3.63) is 12.4 Å². The molecule has 1 aromatic rings. The van der Waals surface area contributed by atoms with Crippen LogP contribution in [0.3, 0.4) is 0 Å². The number of likely N-dealkylation sites (tertiary alicyclic amines) is 1.